The number of anilines is 2. The molecular formula is C30H32F5N9O4. The van der Waals surface area contributed by atoms with Crippen molar-refractivity contribution >= 4 is 35.4 Å². The monoisotopic (exact) mass is 677 g/mol. The number of rotatable bonds is 12. The summed E-state index contributed by atoms with van der Waals surface area (Å²) in [5.41, 5.74) is -1.31. The minimum absolute atomic E-state index is 0.0338. The van der Waals surface area contributed by atoms with Crippen molar-refractivity contribution in [2.45, 2.75) is 51.1 Å². The van der Waals surface area contributed by atoms with Gasteiger partial charge in [0, 0.05) is 62.8 Å². The second-order valence-corrected chi connectivity index (χ2v) is 11.0. The molecule has 0 spiro atoms. The quantitative estimate of drug-likeness (QED) is 0.116. The first-order valence-corrected chi connectivity index (χ1v) is 14.9. The first-order chi connectivity index (χ1) is 22.9. The molecule has 256 valence electrons. The fraction of sp³-hybridized carbons (Fsp3) is 0.400. The van der Waals surface area contributed by atoms with Gasteiger partial charge in [0.1, 0.15) is 6.54 Å². The van der Waals surface area contributed by atoms with Gasteiger partial charge in [0.2, 0.25) is 5.91 Å². The summed E-state index contributed by atoms with van der Waals surface area (Å²) in [6.45, 7) is 1.91. The van der Waals surface area contributed by atoms with Gasteiger partial charge in [0.25, 0.3) is 18.8 Å². The summed E-state index contributed by atoms with van der Waals surface area (Å²) in [5, 5.41) is 12.2. The Labute approximate surface area is 270 Å². The number of piperidine rings is 1. The SMILES string of the molecule is CCc1cc(Nc2nccn3c(-c4cn(CC(F)F)nc4C(F)(F)F)cnc23)ccc1C(=O)NCC(=O)N(C)C1(OC=O)CCNCC1. The van der Waals surface area contributed by atoms with Crippen LogP contribution < -0.4 is 16.0 Å². The normalized spacial score (nSPS) is 14.6. The first kappa shape index (κ1) is 34.2. The lowest BCUT2D eigenvalue weighted by molar-refractivity contribution is -0.180. The van der Waals surface area contributed by atoms with E-state index in [1.165, 1.54) is 34.9 Å². The molecule has 0 saturated carbocycles. The fourth-order valence-corrected chi connectivity index (χ4v) is 5.62. The van der Waals surface area contributed by atoms with Crippen molar-refractivity contribution in [1.82, 2.24) is 39.7 Å². The average molecular weight is 678 g/mol. The van der Waals surface area contributed by atoms with Crippen molar-refractivity contribution in [2.24, 2.45) is 0 Å². The Morgan fingerprint density at radius 1 is 1.21 bits per heavy atom. The number of carbonyl (C=O) groups excluding carboxylic acids is 3. The molecule has 4 aromatic rings. The molecule has 1 aliphatic rings. The van der Waals surface area contributed by atoms with Crippen LogP contribution in [0.25, 0.3) is 16.9 Å². The summed E-state index contributed by atoms with van der Waals surface area (Å²) < 4.78 is 74.3. The van der Waals surface area contributed by atoms with Gasteiger partial charge >= 0.3 is 6.18 Å². The van der Waals surface area contributed by atoms with Crippen LogP contribution in [0.1, 0.15) is 41.4 Å². The summed E-state index contributed by atoms with van der Waals surface area (Å²) >= 11 is 0. The largest absolute Gasteiger partial charge is 0.441 e. The second-order valence-electron chi connectivity index (χ2n) is 11.0. The van der Waals surface area contributed by atoms with E-state index in [0.29, 0.717) is 60.3 Å². The molecule has 4 heterocycles. The van der Waals surface area contributed by atoms with Gasteiger partial charge in [0.15, 0.2) is 22.9 Å². The van der Waals surface area contributed by atoms with Crippen LogP contribution in [0.3, 0.4) is 0 Å². The summed E-state index contributed by atoms with van der Waals surface area (Å²) in [7, 11) is 1.52. The molecule has 18 heteroatoms. The Morgan fingerprint density at radius 3 is 2.62 bits per heavy atom. The predicted octanol–water partition coefficient (Wildman–Crippen LogP) is 3.62. The second kappa shape index (κ2) is 13.9. The maximum absolute atomic E-state index is 13.8. The van der Waals surface area contributed by atoms with Gasteiger partial charge in [-0.05, 0) is 30.2 Å². The van der Waals surface area contributed by atoms with Crippen LogP contribution in [0.4, 0.5) is 33.5 Å². The van der Waals surface area contributed by atoms with E-state index in [1.807, 2.05) is 6.92 Å². The zero-order valence-electron chi connectivity index (χ0n) is 25.9. The zero-order chi connectivity index (χ0) is 34.6. The molecule has 1 saturated heterocycles. The number of fused-ring (bicyclic) bond motifs is 1. The Kier molecular flexibility index (Phi) is 9.92. The molecule has 1 aliphatic heterocycles. The van der Waals surface area contributed by atoms with Crippen molar-refractivity contribution in [3.8, 4) is 11.3 Å². The highest BCUT2D eigenvalue weighted by Crippen LogP contribution is 2.37. The van der Waals surface area contributed by atoms with E-state index in [2.05, 4.69) is 31.0 Å². The van der Waals surface area contributed by atoms with Gasteiger partial charge in [-0.25, -0.2) is 18.7 Å². The van der Waals surface area contributed by atoms with Gasteiger partial charge < -0.3 is 25.6 Å². The van der Waals surface area contributed by atoms with Crippen LogP contribution in [-0.2, 0) is 33.5 Å². The van der Waals surface area contributed by atoms with E-state index in [0.717, 1.165) is 6.20 Å². The Balaban J connectivity index is 1.33. The Bertz CT molecular complexity index is 1800. The number of hydrogen-bond donors (Lipinski definition) is 3. The number of nitrogens with zero attached hydrogens (tertiary/aromatic N) is 6. The summed E-state index contributed by atoms with van der Waals surface area (Å²) in [6.07, 6.45) is -1.78. The topological polar surface area (TPSA) is 148 Å². The Hall–Kier alpha value is -5.13. The van der Waals surface area contributed by atoms with E-state index in [-0.39, 0.29) is 23.7 Å². The first-order valence-electron chi connectivity index (χ1n) is 14.9. The summed E-state index contributed by atoms with van der Waals surface area (Å²) in [4.78, 5) is 47.1. The van der Waals surface area contributed by atoms with Crippen molar-refractivity contribution in [3.63, 3.8) is 0 Å². The average Bonchev–Trinajstić information content (AvgIpc) is 3.68. The molecule has 48 heavy (non-hydrogen) atoms. The minimum atomic E-state index is -4.91. The maximum atomic E-state index is 13.8. The number of aryl methyl sites for hydroxylation is 1. The number of imidazole rings is 1. The van der Waals surface area contributed by atoms with Gasteiger partial charge in [-0.15, -0.1) is 0 Å². The zero-order valence-corrected chi connectivity index (χ0v) is 25.9. The van der Waals surface area contributed by atoms with Crippen LogP contribution in [0, 0.1) is 0 Å². The standard InChI is InChI=1S/C30H32F5N9O4/c1-3-18-12-19(4-5-20(18)28(47)39-14-24(46)42(2)29(48-17-45)6-8-36-9-7-29)40-26-27-38-13-22(44(27)11-10-37-26)21-15-43(16-23(31)32)41-25(21)30(33,34)35/h4-5,10-13,15,17,23,36H,3,6-9,14,16H2,1-2H3,(H,37,40)(H,39,47). The number of alkyl halides is 5. The minimum Gasteiger partial charge on any atom is -0.441 e. The molecule has 3 N–H and O–H groups in total. The van der Waals surface area contributed by atoms with Crippen LogP contribution >= 0.6 is 0 Å². The van der Waals surface area contributed by atoms with Gasteiger partial charge in [0.05, 0.1) is 24.0 Å². The molecule has 2 amide bonds. The molecule has 13 nitrogen and oxygen atoms in total. The molecule has 0 bridgehead atoms. The molecule has 0 atom stereocenters. The number of hydrogen-bond acceptors (Lipinski definition) is 9. The molecule has 0 aliphatic carbocycles. The van der Waals surface area contributed by atoms with Crippen LogP contribution in [0.15, 0.2) is 43.0 Å². The third-order valence-corrected chi connectivity index (χ3v) is 8.09. The maximum Gasteiger partial charge on any atom is 0.435 e. The van der Waals surface area contributed by atoms with E-state index in [1.54, 1.807) is 18.2 Å². The molecule has 1 aromatic carbocycles. The molecule has 0 radical (unpaired) electrons. The van der Waals surface area contributed by atoms with E-state index in [9.17, 15) is 36.3 Å². The van der Waals surface area contributed by atoms with Crippen molar-refractivity contribution in [1.29, 1.82) is 0 Å². The highest BCUT2D eigenvalue weighted by Gasteiger charge is 2.41. The van der Waals surface area contributed by atoms with Crippen LogP contribution in [0.5, 0.6) is 0 Å². The van der Waals surface area contributed by atoms with Gasteiger partial charge in [-0.2, -0.15) is 18.3 Å². The summed E-state index contributed by atoms with van der Waals surface area (Å²) in [6, 6.07) is 4.84. The third-order valence-electron chi connectivity index (χ3n) is 8.09. The van der Waals surface area contributed by atoms with E-state index in [4.69, 9.17) is 4.74 Å². The van der Waals surface area contributed by atoms with E-state index >= 15 is 0 Å². The number of aromatic nitrogens is 5. The van der Waals surface area contributed by atoms with Gasteiger partial charge in [-0.1, -0.05) is 6.92 Å². The Morgan fingerprint density at radius 2 is 1.96 bits per heavy atom. The van der Waals surface area contributed by atoms with Crippen LogP contribution in [-0.4, -0.2) is 86.2 Å². The lowest BCUT2D eigenvalue weighted by Crippen LogP contribution is -2.58. The molecule has 1 fully saturated rings. The lowest BCUT2D eigenvalue weighted by Gasteiger charge is -2.42. The third kappa shape index (κ3) is 7.07. The number of ether oxygens (including phenoxy) is 1. The van der Waals surface area contributed by atoms with Crippen molar-refractivity contribution in [2.75, 3.05) is 32.0 Å². The van der Waals surface area contributed by atoms with Crippen molar-refractivity contribution in [3.05, 3.63) is 59.8 Å². The van der Waals surface area contributed by atoms with E-state index < -0.39 is 47.9 Å². The highest BCUT2D eigenvalue weighted by molar-refractivity contribution is 5.98. The smallest absolute Gasteiger partial charge is 0.435 e. The number of nitrogens with one attached hydrogen (secondary N) is 3. The predicted molar refractivity (Wildman–Crippen MR) is 161 cm³/mol. The lowest BCUT2D eigenvalue weighted by atomic mass is 10.00. The number of halogens is 5. The number of benzene rings is 1. The molecule has 3 aromatic heterocycles. The van der Waals surface area contributed by atoms with Crippen LogP contribution in [0.2, 0.25) is 0 Å². The highest BCUT2D eigenvalue weighted by atomic mass is 19.4. The fourth-order valence-electron chi connectivity index (χ4n) is 5.62. The van der Waals surface area contributed by atoms with Crippen molar-refractivity contribution < 1.29 is 41.1 Å². The number of amides is 2. The molecule has 0 unspecified atom stereocenters. The summed E-state index contributed by atoms with van der Waals surface area (Å²) in [5.74, 6) is -0.762. The number of carbonyl (C=O) groups is 3. The van der Waals surface area contributed by atoms with Gasteiger partial charge in [-0.3, -0.25) is 23.5 Å². The molecule has 5 rings (SSSR count). The number of likely N-dealkylation sites (N-methyl/N-ethyl adjacent to an activating group) is 1. The molecular weight excluding hydrogens is 645 g/mol.